The average molecular weight is 322 g/mol. The Kier molecular flexibility index (Phi) is 5.37. The van der Waals surface area contributed by atoms with Gasteiger partial charge in [0, 0.05) is 19.2 Å². The molecule has 1 aromatic rings. The largest absolute Gasteiger partial charge is 0.339 e. The summed E-state index contributed by atoms with van der Waals surface area (Å²) in [5, 5.41) is 5.09. The van der Waals surface area contributed by atoms with Gasteiger partial charge in [0.1, 0.15) is 0 Å². The van der Waals surface area contributed by atoms with Crippen LogP contribution in [0.3, 0.4) is 0 Å². The molecule has 1 fully saturated rings. The van der Waals surface area contributed by atoms with Gasteiger partial charge in [-0.3, -0.25) is 4.79 Å². The zero-order chi connectivity index (χ0) is 16.2. The Morgan fingerprint density at radius 1 is 1.36 bits per heavy atom. The van der Waals surface area contributed by atoms with Crippen molar-refractivity contribution in [2.45, 2.75) is 19.8 Å². The van der Waals surface area contributed by atoms with E-state index in [1.807, 2.05) is 31.2 Å². The number of nitrogens with two attached hydrogens (primary N) is 1. The second-order valence-corrected chi connectivity index (χ2v) is 7.53. The first-order valence-electron chi connectivity index (χ1n) is 7.37. The number of carbonyl (C=O) groups is 1. The summed E-state index contributed by atoms with van der Waals surface area (Å²) < 4.78 is 22.3. The average Bonchev–Trinajstić information content (AvgIpc) is 2.45. The molecule has 0 unspecified atom stereocenters. The van der Waals surface area contributed by atoms with E-state index >= 15 is 0 Å². The Morgan fingerprint density at radius 3 is 2.68 bits per heavy atom. The Hall–Kier alpha value is -1.66. The third-order valence-corrected chi connectivity index (χ3v) is 4.73. The van der Waals surface area contributed by atoms with Crippen molar-refractivity contribution in [1.29, 1.82) is 0 Å². The van der Waals surface area contributed by atoms with Crippen LogP contribution >= 0.6 is 0 Å². The van der Waals surface area contributed by atoms with Gasteiger partial charge in [-0.05, 0) is 37.3 Å². The molecule has 6 heteroatoms. The highest BCUT2D eigenvalue weighted by molar-refractivity contribution is 7.89. The maximum atomic E-state index is 12.2. The first-order valence-corrected chi connectivity index (χ1v) is 9.09. The maximum Gasteiger partial charge on any atom is 0.246 e. The first kappa shape index (κ1) is 16.7. The molecule has 1 aliphatic rings. The molecule has 0 aromatic heterocycles. The van der Waals surface area contributed by atoms with Crippen LogP contribution < -0.4 is 5.14 Å². The lowest BCUT2D eigenvalue weighted by atomic mass is 10.00. The van der Waals surface area contributed by atoms with Crippen molar-refractivity contribution in [1.82, 2.24) is 4.90 Å². The fourth-order valence-electron chi connectivity index (χ4n) is 2.68. The molecule has 1 atom stereocenters. The number of nitrogens with zero attached hydrogens (tertiary/aromatic N) is 1. The van der Waals surface area contributed by atoms with Crippen molar-refractivity contribution in [3.05, 3.63) is 41.5 Å². The van der Waals surface area contributed by atoms with E-state index in [0.717, 1.165) is 18.4 Å². The van der Waals surface area contributed by atoms with E-state index in [9.17, 15) is 13.2 Å². The maximum absolute atomic E-state index is 12.2. The predicted molar refractivity (Wildman–Crippen MR) is 87.5 cm³/mol. The minimum atomic E-state index is -3.49. The van der Waals surface area contributed by atoms with Crippen LogP contribution in [0.4, 0.5) is 0 Å². The molecule has 22 heavy (non-hydrogen) atoms. The summed E-state index contributed by atoms with van der Waals surface area (Å²) in [7, 11) is -3.49. The van der Waals surface area contributed by atoms with Crippen molar-refractivity contribution < 1.29 is 13.2 Å². The molecule has 0 radical (unpaired) electrons. The number of carbonyl (C=O) groups excluding carboxylic acids is 1. The summed E-state index contributed by atoms with van der Waals surface area (Å²) in [5.74, 6) is -0.210. The normalized spacial score (nSPS) is 19.5. The van der Waals surface area contributed by atoms with Crippen LogP contribution in [0.5, 0.6) is 0 Å². The Balaban J connectivity index is 1.95. The van der Waals surface area contributed by atoms with E-state index in [2.05, 4.69) is 0 Å². The van der Waals surface area contributed by atoms with E-state index in [1.165, 1.54) is 5.56 Å². The Labute approximate surface area is 131 Å². The van der Waals surface area contributed by atoms with Gasteiger partial charge in [0.05, 0.1) is 5.75 Å². The van der Waals surface area contributed by atoms with Crippen molar-refractivity contribution >= 4 is 22.0 Å². The number of hydrogen-bond donors (Lipinski definition) is 1. The van der Waals surface area contributed by atoms with Gasteiger partial charge in [-0.2, -0.15) is 0 Å². The Morgan fingerprint density at radius 2 is 2.05 bits per heavy atom. The van der Waals surface area contributed by atoms with Gasteiger partial charge < -0.3 is 4.90 Å². The number of aryl methyl sites for hydroxylation is 1. The van der Waals surface area contributed by atoms with Crippen molar-refractivity contribution in [3.8, 4) is 0 Å². The summed E-state index contributed by atoms with van der Waals surface area (Å²) in [6, 6.07) is 7.90. The van der Waals surface area contributed by atoms with Crippen LogP contribution in [0, 0.1) is 12.8 Å². The van der Waals surface area contributed by atoms with Crippen LogP contribution in [0.15, 0.2) is 30.3 Å². The first-order chi connectivity index (χ1) is 10.3. The molecule has 0 bridgehead atoms. The van der Waals surface area contributed by atoms with Crippen molar-refractivity contribution in [2.75, 3.05) is 18.8 Å². The monoisotopic (exact) mass is 322 g/mol. The van der Waals surface area contributed by atoms with E-state index in [1.54, 1.807) is 17.1 Å². The molecule has 120 valence electrons. The molecule has 1 amide bonds. The minimum Gasteiger partial charge on any atom is -0.339 e. The van der Waals surface area contributed by atoms with Gasteiger partial charge in [-0.1, -0.05) is 29.8 Å². The highest BCUT2D eigenvalue weighted by atomic mass is 32.2. The SMILES string of the molecule is Cc1ccc(/C=C\C(=O)N2CCC[C@H](CS(N)(=O)=O)C2)cc1. The van der Waals surface area contributed by atoms with Crippen LogP contribution in [0.2, 0.25) is 0 Å². The molecule has 1 heterocycles. The zero-order valence-corrected chi connectivity index (χ0v) is 13.6. The van der Waals surface area contributed by atoms with E-state index in [4.69, 9.17) is 5.14 Å². The lowest BCUT2D eigenvalue weighted by molar-refractivity contribution is -0.127. The number of likely N-dealkylation sites (tertiary alicyclic amines) is 1. The molecule has 1 aliphatic heterocycles. The summed E-state index contributed by atoms with van der Waals surface area (Å²) in [6.07, 6.45) is 4.93. The third kappa shape index (κ3) is 5.27. The predicted octanol–water partition coefficient (Wildman–Crippen LogP) is 1.54. The van der Waals surface area contributed by atoms with E-state index in [0.29, 0.717) is 13.1 Å². The number of rotatable bonds is 4. The molecule has 2 rings (SSSR count). The van der Waals surface area contributed by atoms with Crippen molar-refractivity contribution in [3.63, 3.8) is 0 Å². The summed E-state index contributed by atoms with van der Waals surface area (Å²) in [4.78, 5) is 13.9. The second-order valence-electron chi connectivity index (χ2n) is 5.87. The van der Waals surface area contributed by atoms with Crippen molar-refractivity contribution in [2.24, 2.45) is 11.1 Å². The highest BCUT2D eigenvalue weighted by Crippen LogP contribution is 2.18. The fourth-order valence-corrected chi connectivity index (χ4v) is 3.61. The summed E-state index contributed by atoms with van der Waals surface area (Å²) >= 11 is 0. The van der Waals surface area contributed by atoms with Crippen LogP contribution in [0.1, 0.15) is 24.0 Å². The zero-order valence-electron chi connectivity index (χ0n) is 12.7. The molecule has 5 nitrogen and oxygen atoms in total. The van der Waals surface area contributed by atoms with Crippen LogP contribution in [-0.2, 0) is 14.8 Å². The molecule has 0 saturated carbocycles. The quantitative estimate of drug-likeness (QED) is 0.854. The topological polar surface area (TPSA) is 80.5 Å². The number of sulfonamides is 1. The number of amides is 1. The molecule has 0 aliphatic carbocycles. The van der Waals surface area contributed by atoms with Crippen LogP contribution in [-0.4, -0.2) is 38.1 Å². The van der Waals surface area contributed by atoms with E-state index < -0.39 is 10.0 Å². The number of piperidine rings is 1. The molecular formula is C16H22N2O3S. The van der Waals surface area contributed by atoms with Gasteiger partial charge in [-0.25, -0.2) is 13.6 Å². The van der Waals surface area contributed by atoms with Gasteiger partial charge in [-0.15, -0.1) is 0 Å². The highest BCUT2D eigenvalue weighted by Gasteiger charge is 2.25. The summed E-state index contributed by atoms with van der Waals surface area (Å²) in [6.45, 7) is 3.13. The standard InChI is InChI=1S/C16H22N2O3S/c1-13-4-6-14(7-5-13)8-9-16(19)18-10-2-3-15(11-18)12-22(17,20)21/h4-9,15H,2-3,10-12H2,1H3,(H2,17,20,21)/b9-8-/t15-/m0/s1. The Bertz CT molecular complexity index is 650. The smallest absolute Gasteiger partial charge is 0.246 e. The van der Waals surface area contributed by atoms with Gasteiger partial charge in [0.2, 0.25) is 15.9 Å². The fraction of sp³-hybridized carbons (Fsp3) is 0.438. The molecular weight excluding hydrogens is 300 g/mol. The lowest BCUT2D eigenvalue weighted by Gasteiger charge is -2.31. The second kappa shape index (κ2) is 7.07. The van der Waals surface area contributed by atoms with Gasteiger partial charge >= 0.3 is 0 Å². The third-order valence-electron chi connectivity index (χ3n) is 3.79. The summed E-state index contributed by atoms with van der Waals surface area (Å²) in [5.41, 5.74) is 2.14. The van der Waals surface area contributed by atoms with Gasteiger partial charge in [0.15, 0.2) is 0 Å². The van der Waals surface area contributed by atoms with E-state index in [-0.39, 0.29) is 17.6 Å². The molecule has 1 saturated heterocycles. The number of benzene rings is 1. The number of hydrogen-bond acceptors (Lipinski definition) is 3. The molecule has 2 N–H and O–H groups in total. The van der Waals surface area contributed by atoms with Gasteiger partial charge in [0.25, 0.3) is 0 Å². The minimum absolute atomic E-state index is 0.0571. The van der Waals surface area contributed by atoms with Crippen LogP contribution in [0.25, 0.3) is 6.08 Å². The lowest BCUT2D eigenvalue weighted by Crippen LogP contribution is -2.41. The number of primary sulfonamides is 1. The molecule has 0 spiro atoms. The molecule has 1 aromatic carbocycles.